The van der Waals surface area contributed by atoms with Gasteiger partial charge in [0.05, 0.1) is 5.92 Å². The van der Waals surface area contributed by atoms with Gasteiger partial charge >= 0.3 is 5.97 Å². The van der Waals surface area contributed by atoms with E-state index in [0.29, 0.717) is 19.4 Å². The summed E-state index contributed by atoms with van der Waals surface area (Å²) in [5.74, 6) is -1.13. The fraction of sp³-hybridized carbons (Fsp3) is 0.417. The molecular weight excluding hydrogens is 190 g/mol. The summed E-state index contributed by atoms with van der Waals surface area (Å²) in [7, 11) is 0. The lowest BCUT2D eigenvalue weighted by Gasteiger charge is -2.10. The maximum absolute atomic E-state index is 10.9. The fourth-order valence-electron chi connectivity index (χ4n) is 1.52. The number of benzene rings is 1. The summed E-state index contributed by atoms with van der Waals surface area (Å²) in [4.78, 5) is 10.9. The minimum atomic E-state index is -0.763. The molecule has 0 heterocycles. The SMILES string of the molecule is Cc1ccc(CC(CCN)C(=O)O)cc1. The van der Waals surface area contributed by atoms with Gasteiger partial charge in [0, 0.05) is 0 Å². The van der Waals surface area contributed by atoms with Crippen molar-refractivity contribution in [2.75, 3.05) is 6.54 Å². The van der Waals surface area contributed by atoms with Crippen molar-refractivity contribution < 1.29 is 9.90 Å². The first-order valence-corrected chi connectivity index (χ1v) is 5.12. The average Bonchev–Trinajstić information content (AvgIpc) is 2.20. The normalized spacial score (nSPS) is 12.4. The van der Waals surface area contributed by atoms with E-state index in [-0.39, 0.29) is 5.92 Å². The zero-order valence-corrected chi connectivity index (χ0v) is 8.94. The lowest BCUT2D eigenvalue weighted by Crippen LogP contribution is -2.20. The highest BCUT2D eigenvalue weighted by Gasteiger charge is 2.16. The molecule has 82 valence electrons. The van der Waals surface area contributed by atoms with E-state index in [1.54, 1.807) is 0 Å². The van der Waals surface area contributed by atoms with Crippen molar-refractivity contribution >= 4 is 5.97 Å². The maximum Gasteiger partial charge on any atom is 0.306 e. The van der Waals surface area contributed by atoms with Crippen LogP contribution in [-0.2, 0) is 11.2 Å². The molecular formula is C12H17NO2. The lowest BCUT2D eigenvalue weighted by molar-refractivity contribution is -0.141. The van der Waals surface area contributed by atoms with Crippen molar-refractivity contribution in [3.8, 4) is 0 Å². The highest BCUT2D eigenvalue weighted by atomic mass is 16.4. The predicted octanol–water partition coefficient (Wildman–Crippen LogP) is 1.59. The van der Waals surface area contributed by atoms with Crippen LogP contribution in [0, 0.1) is 12.8 Å². The quantitative estimate of drug-likeness (QED) is 0.770. The van der Waals surface area contributed by atoms with Gasteiger partial charge in [0.1, 0.15) is 0 Å². The summed E-state index contributed by atoms with van der Waals surface area (Å²) in [6.45, 7) is 2.43. The first-order valence-electron chi connectivity index (χ1n) is 5.12. The van der Waals surface area contributed by atoms with E-state index in [2.05, 4.69) is 0 Å². The van der Waals surface area contributed by atoms with Gasteiger partial charge in [-0.2, -0.15) is 0 Å². The number of hydrogen-bond acceptors (Lipinski definition) is 2. The zero-order valence-electron chi connectivity index (χ0n) is 8.94. The largest absolute Gasteiger partial charge is 0.481 e. The van der Waals surface area contributed by atoms with Crippen LogP contribution in [0.25, 0.3) is 0 Å². The molecule has 1 aromatic carbocycles. The first kappa shape index (κ1) is 11.7. The number of aryl methyl sites for hydroxylation is 1. The van der Waals surface area contributed by atoms with E-state index in [9.17, 15) is 4.79 Å². The van der Waals surface area contributed by atoms with E-state index in [1.165, 1.54) is 5.56 Å². The van der Waals surface area contributed by atoms with Crippen LogP contribution in [0.3, 0.4) is 0 Å². The molecule has 0 saturated carbocycles. The molecule has 0 aliphatic rings. The Bertz CT molecular complexity index is 319. The molecule has 3 N–H and O–H groups in total. The van der Waals surface area contributed by atoms with Crippen LogP contribution in [0.5, 0.6) is 0 Å². The van der Waals surface area contributed by atoms with Gasteiger partial charge in [-0.25, -0.2) is 0 Å². The zero-order chi connectivity index (χ0) is 11.3. The highest BCUT2D eigenvalue weighted by Crippen LogP contribution is 2.13. The summed E-state index contributed by atoms with van der Waals surface area (Å²) in [6.07, 6.45) is 1.09. The molecule has 0 aromatic heterocycles. The molecule has 0 aliphatic carbocycles. The smallest absolute Gasteiger partial charge is 0.306 e. The molecule has 1 rings (SSSR count). The maximum atomic E-state index is 10.9. The topological polar surface area (TPSA) is 63.3 Å². The molecule has 1 unspecified atom stereocenters. The van der Waals surface area contributed by atoms with E-state index >= 15 is 0 Å². The van der Waals surface area contributed by atoms with Crippen molar-refractivity contribution in [3.63, 3.8) is 0 Å². The van der Waals surface area contributed by atoms with Crippen LogP contribution in [0.1, 0.15) is 17.5 Å². The van der Waals surface area contributed by atoms with E-state index < -0.39 is 5.97 Å². The van der Waals surface area contributed by atoms with E-state index in [1.807, 2.05) is 31.2 Å². The summed E-state index contributed by atoms with van der Waals surface area (Å²) in [6, 6.07) is 7.94. The minimum absolute atomic E-state index is 0.363. The highest BCUT2D eigenvalue weighted by molar-refractivity contribution is 5.70. The van der Waals surface area contributed by atoms with Gasteiger partial charge in [0.25, 0.3) is 0 Å². The Labute approximate surface area is 89.9 Å². The molecule has 0 saturated heterocycles. The Kier molecular flexibility index (Phi) is 4.31. The van der Waals surface area contributed by atoms with Crippen LogP contribution in [0.15, 0.2) is 24.3 Å². The Hall–Kier alpha value is -1.35. The number of hydrogen-bond donors (Lipinski definition) is 2. The number of carboxylic acids is 1. The van der Waals surface area contributed by atoms with Crippen LogP contribution >= 0.6 is 0 Å². The lowest BCUT2D eigenvalue weighted by atomic mass is 9.96. The number of rotatable bonds is 5. The van der Waals surface area contributed by atoms with Crippen LogP contribution in [0.2, 0.25) is 0 Å². The van der Waals surface area contributed by atoms with Crippen molar-refractivity contribution in [3.05, 3.63) is 35.4 Å². The van der Waals surface area contributed by atoms with Crippen molar-refractivity contribution in [2.24, 2.45) is 11.7 Å². The van der Waals surface area contributed by atoms with E-state index in [4.69, 9.17) is 10.8 Å². The molecule has 1 atom stereocenters. The van der Waals surface area contributed by atoms with Gasteiger partial charge < -0.3 is 10.8 Å². The number of aliphatic carboxylic acids is 1. The second kappa shape index (κ2) is 5.51. The third kappa shape index (κ3) is 3.72. The van der Waals surface area contributed by atoms with Crippen molar-refractivity contribution in [1.82, 2.24) is 0 Å². The summed E-state index contributed by atoms with van der Waals surface area (Å²) >= 11 is 0. The molecule has 0 fully saturated rings. The van der Waals surface area contributed by atoms with Gasteiger partial charge in [-0.05, 0) is 31.9 Å². The molecule has 1 aromatic rings. The summed E-state index contributed by atoms with van der Waals surface area (Å²) in [5.41, 5.74) is 7.62. The van der Waals surface area contributed by atoms with Gasteiger partial charge in [-0.15, -0.1) is 0 Å². The molecule has 3 nitrogen and oxygen atoms in total. The molecule has 0 radical (unpaired) electrons. The third-order valence-corrected chi connectivity index (χ3v) is 2.47. The van der Waals surface area contributed by atoms with Crippen LogP contribution in [-0.4, -0.2) is 17.6 Å². The molecule has 3 heteroatoms. The standard InChI is InChI=1S/C12H17NO2/c1-9-2-4-10(5-3-9)8-11(6-7-13)12(14)15/h2-5,11H,6-8,13H2,1H3,(H,14,15). The first-order chi connectivity index (χ1) is 7.13. The fourth-order valence-corrected chi connectivity index (χ4v) is 1.52. The average molecular weight is 207 g/mol. The second-order valence-electron chi connectivity index (χ2n) is 3.80. The Morgan fingerprint density at radius 1 is 1.40 bits per heavy atom. The van der Waals surface area contributed by atoms with E-state index in [0.717, 1.165) is 5.56 Å². The monoisotopic (exact) mass is 207 g/mol. The van der Waals surface area contributed by atoms with Crippen LogP contribution < -0.4 is 5.73 Å². The van der Waals surface area contributed by atoms with Gasteiger partial charge in [-0.1, -0.05) is 29.8 Å². The van der Waals surface area contributed by atoms with Crippen LogP contribution in [0.4, 0.5) is 0 Å². The Morgan fingerprint density at radius 2 is 2.00 bits per heavy atom. The minimum Gasteiger partial charge on any atom is -0.481 e. The van der Waals surface area contributed by atoms with Gasteiger partial charge in [0.15, 0.2) is 0 Å². The Morgan fingerprint density at radius 3 is 2.47 bits per heavy atom. The van der Waals surface area contributed by atoms with Gasteiger partial charge in [0.2, 0.25) is 0 Å². The van der Waals surface area contributed by atoms with Crippen molar-refractivity contribution in [2.45, 2.75) is 19.8 Å². The summed E-state index contributed by atoms with van der Waals surface area (Å²) < 4.78 is 0. The number of nitrogens with two attached hydrogens (primary N) is 1. The Balaban J connectivity index is 2.65. The molecule has 0 aliphatic heterocycles. The van der Waals surface area contributed by atoms with Crippen molar-refractivity contribution in [1.29, 1.82) is 0 Å². The second-order valence-corrected chi connectivity index (χ2v) is 3.80. The van der Waals surface area contributed by atoms with Gasteiger partial charge in [-0.3, -0.25) is 4.79 Å². The predicted molar refractivity (Wildman–Crippen MR) is 59.7 cm³/mol. The molecule has 0 spiro atoms. The molecule has 0 bridgehead atoms. The molecule has 0 amide bonds. The summed E-state index contributed by atoms with van der Waals surface area (Å²) in [5, 5.41) is 8.96. The number of carbonyl (C=O) groups is 1. The number of carboxylic acid groups (broad SMARTS) is 1. The third-order valence-electron chi connectivity index (χ3n) is 2.47. The molecule has 15 heavy (non-hydrogen) atoms.